The average molecular weight is 308 g/mol. The molecule has 7 heteroatoms. The van der Waals surface area contributed by atoms with E-state index in [9.17, 15) is 9.59 Å². The van der Waals surface area contributed by atoms with Crippen molar-refractivity contribution in [1.82, 2.24) is 14.8 Å². The molecule has 110 valence electrons. The number of carbonyl (C=O) groups excluding carboxylic acids is 1. The molecule has 0 radical (unpaired) electrons. The van der Waals surface area contributed by atoms with Crippen LogP contribution in [0.1, 0.15) is 16.2 Å². The van der Waals surface area contributed by atoms with Gasteiger partial charge in [-0.25, -0.2) is 9.75 Å². The summed E-state index contributed by atoms with van der Waals surface area (Å²) in [6.45, 7) is 1.73. The molecule has 0 atom stereocenters. The number of carbonyl (C=O) groups is 1. The van der Waals surface area contributed by atoms with Gasteiger partial charge in [-0.1, -0.05) is 11.6 Å². The van der Waals surface area contributed by atoms with Gasteiger partial charge < -0.3 is 0 Å². The first-order chi connectivity index (χ1) is 9.93. The van der Waals surface area contributed by atoms with Crippen LogP contribution in [0.25, 0.3) is 5.69 Å². The van der Waals surface area contributed by atoms with Crippen molar-refractivity contribution in [3.05, 3.63) is 57.0 Å². The predicted molar refractivity (Wildman–Crippen MR) is 78.7 cm³/mol. The zero-order valence-corrected chi connectivity index (χ0v) is 12.6. The molecule has 0 bridgehead atoms. The van der Waals surface area contributed by atoms with Crippen molar-refractivity contribution in [2.75, 3.05) is 14.2 Å². The summed E-state index contributed by atoms with van der Waals surface area (Å²) < 4.78 is 1.51. The molecule has 0 saturated heterocycles. The number of aryl methyl sites for hydroxylation is 1. The Morgan fingerprint density at radius 2 is 1.95 bits per heavy atom. The van der Waals surface area contributed by atoms with E-state index < -0.39 is 11.3 Å². The second kappa shape index (κ2) is 6.07. The molecule has 1 heterocycles. The molecule has 1 aromatic heterocycles. The van der Waals surface area contributed by atoms with Gasteiger partial charge in [-0.15, -0.1) is 0 Å². The van der Waals surface area contributed by atoms with Gasteiger partial charge in [0.2, 0.25) is 5.43 Å². The molecular weight excluding hydrogens is 294 g/mol. The number of hydrogen-bond acceptors (Lipinski definition) is 4. The van der Waals surface area contributed by atoms with Gasteiger partial charge in [0, 0.05) is 23.8 Å². The van der Waals surface area contributed by atoms with Crippen molar-refractivity contribution < 1.29 is 9.63 Å². The van der Waals surface area contributed by atoms with E-state index >= 15 is 0 Å². The smallest absolute Gasteiger partial charge is 0.287 e. The molecule has 1 amide bonds. The van der Waals surface area contributed by atoms with E-state index in [-0.39, 0.29) is 5.69 Å². The maximum absolute atomic E-state index is 12.0. The summed E-state index contributed by atoms with van der Waals surface area (Å²) in [5.74, 6) is -0.606. The fourth-order valence-corrected chi connectivity index (χ4v) is 1.90. The van der Waals surface area contributed by atoms with Gasteiger partial charge in [0.25, 0.3) is 0 Å². The Balaban J connectivity index is 2.56. The molecule has 0 fully saturated rings. The summed E-state index contributed by atoms with van der Waals surface area (Å²) in [6, 6.07) is 8.28. The minimum absolute atomic E-state index is 0.208. The van der Waals surface area contributed by atoms with Crippen LogP contribution < -0.4 is 5.43 Å². The van der Waals surface area contributed by atoms with Gasteiger partial charge >= 0.3 is 5.91 Å². The maximum atomic E-state index is 12.0. The number of amides is 1. The van der Waals surface area contributed by atoms with Crippen LogP contribution in [0.5, 0.6) is 0 Å². The first kappa shape index (κ1) is 15.2. The summed E-state index contributed by atoms with van der Waals surface area (Å²) >= 11 is 5.85. The number of hydrogen-bond donors (Lipinski definition) is 0. The number of benzene rings is 1. The fraction of sp³-hybridized carbons (Fsp3) is 0.214. The highest BCUT2D eigenvalue weighted by atomic mass is 35.5. The monoisotopic (exact) mass is 307 g/mol. The lowest BCUT2D eigenvalue weighted by atomic mass is 10.2. The third-order valence-electron chi connectivity index (χ3n) is 2.94. The van der Waals surface area contributed by atoms with Crippen molar-refractivity contribution in [3.8, 4) is 5.69 Å². The van der Waals surface area contributed by atoms with Gasteiger partial charge in [0.1, 0.15) is 0 Å². The van der Waals surface area contributed by atoms with Gasteiger partial charge in [-0.3, -0.25) is 14.4 Å². The number of nitrogens with zero attached hydrogens (tertiary/aromatic N) is 3. The van der Waals surface area contributed by atoms with E-state index in [1.807, 2.05) is 0 Å². The second-order valence-corrected chi connectivity index (χ2v) is 4.81. The van der Waals surface area contributed by atoms with Gasteiger partial charge in [-0.05, 0) is 31.2 Å². The quantitative estimate of drug-likeness (QED) is 0.812. The van der Waals surface area contributed by atoms with Crippen LogP contribution in [0.2, 0.25) is 5.02 Å². The average Bonchev–Trinajstić information content (AvgIpc) is 2.47. The lowest BCUT2D eigenvalue weighted by molar-refractivity contribution is -0.0762. The van der Waals surface area contributed by atoms with E-state index in [1.54, 1.807) is 31.2 Å². The number of hydroxylamine groups is 2. The lowest BCUT2D eigenvalue weighted by Gasteiger charge is -2.15. The number of rotatable bonds is 3. The van der Waals surface area contributed by atoms with Crippen molar-refractivity contribution in [2.45, 2.75) is 6.92 Å². The Morgan fingerprint density at radius 1 is 1.33 bits per heavy atom. The van der Waals surface area contributed by atoms with E-state index in [4.69, 9.17) is 16.4 Å². The van der Waals surface area contributed by atoms with E-state index in [1.165, 1.54) is 24.9 Å². The minimum Gasteiger partial charge on any atom is -0.287 e. The molecule has 2 aromatic rings. The normalized spacial score (nSPS) is 10.5. The Kier molecular flexibility index (Phi) is 4.40. The molecule has 2 rings (SSSR count). The summed E-state index contributed by atoms with van der Waals surface area (Å²) in [6.07, 6.45) is 0. The third kappa shape index (κ3) is 3.12. The molecule has 1 aromatic carbocycles. The highest BCUT2D eigenvalue weighted by Gasteiger charge is 2.19. The van der Waals surface area contributed by atoms with Crippen LogP contribution >= 0.6 is 11.6 Å². The largest absolute Gasteiger partial charge is 0.301 e. The molecule has 0 spiro atoms. The number of aromatic nitrogens is 2. The summed E-state index contributed by atoms with van der Waals surface area (Å²) in [5, 5.41) is 5.67. The Morgan fingerprint density at radius 3 is 2.52 bits per heavy atom. The van der Waals surface area contributed by atoms with Gasteiger partial charge in [0.15, 0.2) is 5.69 Å². The summed E-state index contributed by atoms with van der Waals surface area (Å²) in [7, 11) is 2.75. The molecule has 0 N–H and O–H groups in total. The van der Waals surface area contributed by atoms with Crippen LogP contribution in [-0.4, -0.2) is 34.9 Å². The van der Waals surface area contributed by atoms with E-state index in [2.05, 4.69) is 5.10 Å². The molecule has 6 nitrogen and oxygen atoms in total. The van der Waals surface area contributed by atoms with Crippen molar-refractivity contribution in [2.24, 2.45) is 0 Å². The molecule has 0 aliphatic carbocycles. The van der Waals surface area contributed by atoms with Crippen molar-refractivity contribution in [3.63, 3.8) is 0 Å². The van der Waals surface area contributed by atoms with Crippen LogP contribution in [-0.2, 0) is 4.84 Å². The predicted octanol–water partition coefficient (Wildman–Crippen LogP) is 1.83. The van der Waals surface area contributed by atoms with Crippen molar-refractivity contribution in [1.29, 1.82) is 0 Å². The van der Waals surface area contributed by atoms with Gasteiger partial charge in [-0.2, -0.15) is 5.10 Å². The first-order valence-corrected chi connectivity index (χ1v) is 6.51. The molecule has 0 saturated carbocycles. The molecule has 21 heavy (non-hydrogen) atoms. The van der Waals surface area contributed by atoms with Crippen LogP contribution in [0.4, 0.5) is 0 Å². The molecule has 0 aliphatic heterocycles. The second-order valence-electron chi connectivity index (χ2n) is 4.37. The SMILES string of the molecule is CON(C)C(=O)c1nn(-c2ccc(Cl)cc2)c(C)cc1=O. The van der Waals surface area contributed by atoms with E-state index in [0.717, 1.165) is 5.06 Å². The zero-order valence-electron chi connectivity index (χ0n) is 11.8. The van der Waals surface area contributed by atoms with Crippen LogP contribution in [0.3, 0.4) is 0 Å². The number of halogens is 1. The summed E-state index contributed by atoms with van der Waals surface area (Å²) in [4.78, 5) is 28.8. The van der Waals surface area contributed by atoms with Crippen LogP contribution in [0, 0.1) is 6.92 Å². The highest BCUT2D eigenvalue weighted by molar-refractivity contribution is 6.30. The Labute approximate surface area is 126 Å². The lowest BCUT2D eigenvalue weighted by Crippen LogP contribution is -2.33. The van der Waals surface area contributed by atoms with Crippen LogP contribution in [0.15, 0.2) is 35.1 Å². The third-order valence-corrected chi connectivity index (χ3v) is 3.19. The highest BCUT2D eigenvalue weighted by Crippen LogP contribution is 2.14. The first-order valence-electron chi connectivity index (χ1n) is 6.13. The standard InChI is InChI=1S/C14H14ClN3O3/c1-9-8-12(19)13(14(20)17(2)21-3)16-18(9)11-6-4-10(15)5-7-11/h4-8H,1-3H3. The Hall–Kier alpha value is -2.18. The summed E-state index contributed by atoms with van der Waals surface area (Å²) in [5.41, 5.74) is 0.650. The molecule has 0 aliphatic rings. The van der Waals surface area contributed by atoms with Crippen molar-refractivity contribution >= 4 is 17.5 Å². The van der Waals surface area contributed by atoms with Gasteiger partial charge in [0.05, 0.1) is 12.8 Å². The Bertz CT molecular complexity index is 725. The molecular formula is C14H14ClN3O3. The maximum Gasteiger partial charge on any atom is 0.301 e. The molecule has 0 unspecified atom stereocenters. The fourth-order valence-electron chi connectivity index (χ4n) is 1.77. The van der Waals surface area contributed by atoms with E-state index in [0.29, 0.717) is 16.4 Å². The minimum atomic E-state index is -0.606. The topological polar surface area (TPSA) is 64.4 Å². The zero-order chi connectivity index (χ0) is 15.6.